The number of nitrogens with one attached hydrogen (secondary N) is 2. The molecule has 25 heavy (non-hydrogen) atoms. The van der Waals surface area contributed by atoms with E-state index >= 15 is 0 Å². The molecule has 8 heteroatoms. The molecule has 0 aliphatic heterocycles. The number of benzene rings is 1. The van der Waals surface area contributed by atoms with Gasteiger partial charge in [-0.3, -0.25) is 9.59 Å². The Morgan fingerprint density at radius 3 is 2.48 bits per heavy atom. The number of esters is 1. The third kappa shape index (κ3) is 5.18. The van der Waals surface area contributed by atoms with Gasteiger partial charge in [0.1, 0.15) is 0 Å². The van der Waals surface area contributed by atoms with Crippen LogP contribution >= 0.6 is 0 Å². The molecule has 0 bridgehead atoms. The molecule has 0 saturated heterocycles. The molecule has 2 amide bonds. The molecule has 1 atom stereocenters. The number of hydrogen-bond acceptors (Lipinski definition) is 6. The van der Waals surface area contributed by atoms with E-state index in [0.717, 1.165) is 0 Å². The van der Waals surface area contributed by atoms with Crippen molar-refractivity contribution in [2.24, 2.45) is 0 Å². The summed E-state index contributed by atoms with van der Waals surface area (Å²) < 4.78 is 9.43. The number of aliphatic hydroxyl groups is 1. The van der Waals surface area contributed by atoms with E-state index in [4.69, 9.17) is 4.42 Å². The Labute approximate surface area is 143 Å². The van der Waals surface area contributed by atoms with Gasteiger partial charge in [0.2, 0.25) is 0 Å². The van der Waals surface area contributed by atoms with Gasteiger partial charge in [-0.25, -0.2) is 4.79 Å². The van der Waals surface area contributed by atoms with Crippen LogP contribution in [-0.4, -0.2) is 36.5 Å². The van der Waals surface area contributed by atoms with Crippen LogP contribution in [0.4, 0.5) is 5.69 Å². The van der Waals surface area contributed by atoms with Gasteiger partial charge >= 0.3 is 17.8 Å². The predicted molar refractivity (Wildman–Crippen MR) is 87.7 cm³/mol. The molecule has 0 spiro atoms. The van der Waals surface area contributed by atoms with Crippen LogP contribution in [0, 0.1) is 0 Å². The van der Waals surface area contributed by atoms with Gasteiger partial charge in [0.15, 0.2) is 0 Å². The summed E-state index contributed by atoms with van der Waals surface area (Å²) in [7, 11) is 1.27. The number of amides is 2. The normalized spacial score (nSPS) is 11.4. The van der Waals surface area contributed by atoms with Crippen molar-refractivity contribution in [3.8, 4) is 0 Å². The number of carbonyl (C=O) groups is 3. The minimum atomic E-state index is -0.844. The molecule has 2 rings (SSSR count). The van der Waals surface area contributed by atoms with Gasteiger partial charge in [-0.2, -0.15) is 0 Å². The molecule has 0 aliphatic rings. The Bertz CT molecular complexity index is 724. The van der Waals surface area contributed by atoms with Crippen LogP contribution in [0.2, 0.25) is 0 Å². The SMILES string of the molecule is COC(=O)c1ccc(NC(=O)C(=O)NCCC(O)c2ccoc2)cc1. The fourth-order valence-electron chi connectivity index (χ4n) is 2.03. The van der Waals surface area contributed by atoms with Crippen molar-refractivity contribution in [1.82, 2.24) is 5.32 Å². The van der Waals surface area contributed by atoms with Crippen LogP contribution in [-0.2, 0) is 14.3 Å². The first-order chi connectivity index (χ1) is 12.0. The Morgan fingerprint density at radius 2 is 1.88 bits per heavy atom. The van der Waals surface area contributed by atoms with E-state index in [-0.39, 0.29) is 13.0 Å². The number of aliphatic hydroxyl groups excluding tert-OH is 1. The van der Waals surface area contributed by atoms with Crippen molar-refractivity contribution >= 4 is 23.5 Å². The summed E-state index contributed by atoms with van der Waals surface area (Å²) in [4.78, 5) is 34.9. The highest BCUT2D eigenvalue weighted by Crippen LogP contribution is 2.15. The Balaban J connectivity index is 1.78. The minimum Gasteiger partial charge on any atom is -0.472 e. The third-order valence-corrected chi connectivity index (χ3v) is 3.40. The number of hydrogen-bond donors (Lipinski definition) is 3. The summed E-state index contributed by atoms with van der Waals surface area (Å²) in [6.45, 7) is 0.125. The summed E-state index contributed by atoms with van der Waals surface area (Å²) in [5.41, 5.74) is 1.30. The Kier molecular flexibility index (Phi) is 6.30. The average Bonchev–Trinajstić information content (AvgIpc) is 3.16. The molecule has 0 fully saturated rings. The number of ether oxygens (including phenoxy) is 1. The fraction of sp³-hybridized carbons (Fsp3) is 0.235. The second-order valence-corrected chi connectivity index (χ2v) is 5.14. The first-order valence-electron chi connectivity index (χ1n) is 7.49. The summed E-state index contributed by atoms with van der Waals surface area (Å²) in [6.07, 6.45) is 2.31. The number of carbonyl (C=O) groups excluding carboxylic acids is 3. The number of anilines is 1. The van der Waals surface area contributed by atoms with E-state index in [1.54, 1.807) is 6.07 Å². The maximum Gasteiger partial charge on any atom is 0.337 e. The van der Waals surface area contributed by atoms with Crippen LogP contribution < -0.4 is 10.6 Å². The zero-order chi connectivity index (χ0) is 18.2. The van der Waals surface area contributed by atoms with Crippen molar-refractivity contribution in [3.63, 3.8) is 0 Å². The van der Waals surface area contributed by atoms with E-state index in [2.05, 4.69) is 15.4 Å². The third-order valence-electron chi connectivity index (χ3n) is 3.40. The lowest BCUT2D eigenvalue weighted by atomic mass is 10.1. The maximum atomic E-state index is 11.8. The topological polar surface area (TPSA) is 118 Å². The quantitative estimate of drug-likeness (QED) is 0.535. The lowest BCUT2D eigenvalue weighted by Crippen LogP contribution is -2.36. The van der Waals surface area contributed by atoms with E-state index in [0.29, 0.717) is 16.8 Å². The summed E-state index contributed by atoms with van der Waals surface area (Å²) >= 11 is 0. The molecule has 8 nitrogen and oxygen atoms in total. The summed E-state index contributed by atoms with van der Waals surface area (Å²) in [6, 6.07) is 7.54. The minimum absolute atomic E-state index is 0.125. The number of rotatable bonds is 6. The van der Waals surface area contributed by atoms with Crippen molar-refractivity contribution in [2.75, 3.05) is 19.0 Å². The molecule has 2 aromatic rings. The highest BCUT2D eigenvalue weighted by molar-refractivity contribution is 6.39. The van der Waals surface area contributed by atoms with E-state index in [9.17, 15) is 19.5 Å². The van der Waals surface area contributed by atoms with Crippen LogP contribution in [0.5, 0.6) is 0 Å². The van der Waals surface area contributed by atoms with Gasteiger partial charge < -0.3 is 24.9 Å². The van der Waals surface area contributed by atoms with E-state index in [1.807, 2.05) is 0 Å². The Hall–Kier alpha value is -3.13. The van der Waals surface area contributed by atoms with Crippen LogP contribution in [0.1, 0.15) is 28.4 Å². The smallest absolute Gasteiger partial charge is 0.337 e. The molecule has 3 N–H and O–H groups in total. The second kappa shape index (κ2) is 8.65. The van der Waals surface area contributed by atoms with Crippen molar-refractivity contribution in [2.45, 2.75) is 12.5 Å². The first kappa shape index (κ1) is 18.2. The number of furan rings is 1. The van der Waals surface area contributed by atoms with E-state index in [1.165, 1.54) is 43.9 Å². The zero-order valence-electron chi connectivity index (χ0n) is 13.5. The maximum absolute atomic E-state index is 11.8. The molecule has 1 aromatic heterocycles. The van der Waals surface area contributed by atoms with E-state index < -0.39 is 23.9 Å². The molecular formula is C17H18N2O6. The van der Waals surface area contributed by atoms with Crippen LogP contribution in [0.15, 0.2) is 47.3 Å². The van der Waals surface area contributed by atoms with Gasteiger partial charge in [-0.1, -0.05) is 0 Å². The monoisotopic (exact) mass is 346 g/mol. The highest BCUT2D eigenvalue weighted by atomic mass is 16.5. The molecule has 1 unspecified atom stereocenters. The van der Waals surface area contributed by atoms with Crippen molar-refractivity contribution in [1.29, 1.82) is 0 Å². The molecule has 0 saturated carbocycles. The van der Waals surface area contributed by atoms with Gasteiger partial charge in [0.25, 0.3) is 0 Å². The predicted octanol–water partition coefficient (Wildman–Crippen LogP) is 1.24. The van der Waals surface area contributed by atoms with Gasteiger partial charge in [-0.15, -0.1) is 0 Å². The zero-order valence-corrected chi connectivity index (χ0v) is 13.5. The lowest BCUT2D eigenvalue weighted by molar-refractivity contribution is -0.136. The second-order valence-electron chi connectivity index (χ2n) is 5.14. The highest BCUT2D eigenvalue weighted by Gasteiger charge is 2.15. The van der Waals surface area contributed by atoms with Crippen LogP contribution in [0.3, 0.4) is 0 Å². The fourth-order valence-corrected chi connectivity index (χ4v) is 2.03. The summed E-state index contributed by atoms with van der Waals surface area (Å²) in [5.74, 6) is -2.16. The molecule has 0 radical (unpaired) electrons. The van der Waals surface area contributed by atoms with Gasteiger partial charge in [0, 0.05) is 17.8 Å². The van der Waals surface area contributed by atoms with Gasteiger partial charge in [0.05, 0.1) is 31.3 Å². The first-order valence-corrected chi connectivity index (χ1v) is 7.49. The Morgan fingerprint density at radius 1 is 1.16 bits per heavy atom. The summed E-state index contributed by atoms with van der Waals surface area (Å²) in [5, 5.41) is 14.7. The average molecular weight is 346 g/mol. The van der Waals surface area contributed by atoms with Crippen molar-refractivity contribution < 1.29 is 28.6 Å². The largest absolute Gasteiger partial charge is 0.472 e. The molecule has 132 valence electrons. The standard InChI is InChI=1S/C17H18N2O6/c1-24-17(23)11-2-4-13(5-3-11)19-16(22)15(21)18-8-6-14(20)12-7-9-25-10-12/h2-5,7,9-10,14,20H,6,8H2,1H3,(H,18,21)(H,19,22). The van der Waals surface area contributed by atoms with Gasteiger partial charge in [-0.05, 0) is 36.8 Å². The van der Waals surface area contributed by atoms with Crippen LogP contribution in [0.25, 0.3) is 0 Å². The molecule has 1 heterocycles. The molecule has 0 aliphatic carbocycles. The molecule has 1 aromatic carbocycles. The number of methoxy groups -OCH3 is 1. The molecular weight excluding hydrogens is 328 g/mol. The van der Waals surface area contributed by atoms with Crippen molar-refractivity contribution in [3.05, 3.63) is 54.0 Å². The lowest BCUT2D eigenvalue weighted by Gasteiger charge is -2.10.